The zero-order valence-corrected chi connectivity index (χ0v) is 9.25. The largest absolute Gasteiger partial charge is 0.434 e. The first-order valence-corrected chi connectivity index (χ1v) is 5.12. The minimum Gasteiger partial charge on any atom is -0.390 e. The van der Waals surface area contributed by atoms with Crippen LogP contribution in [0.1, 0.15) is 0 Å². The molecule has 1 heterocycles. The standard InChI is InChI=1S/C9H14FN3O4/c10-1-5-16-7-8-17-6-4-12-3-2-11-9(12)13(14)15/h2-3H,1,4-8H2. The number of hydrogen-bond acceptors (Lipinski definition) is 5. The Kier molecular flexibility index (Phi) is 6.12. The molecule has 0 amide bonds. The van der Waals surface area contributed by atoms with Gasteiger partial charge in [-0.25, -0.2) is 8.96 Å². The number of rotatable bonds is 9. The fourth-order valence-electron chi connectivity index (χ4n) is 1.19. The van der Waals surface area contributed by atoms with Gasteiger partial charge >= 0.3 is 5.95 Å². The number of halogens is 1. The van der Waals surface area contributed by atoms with Gasteiger partial charge in [0.05, 0.1) is 33.0 Å². The van der Waals surface area contributed by atoms with Gasteiger partial charge in [0.25, 0.3) is 0 Å². The third-order valence-electron chi connectivity index (χ3n) is 1.93. The Labute approximate surface area is 97.3 Å². The number of imidazole rings is 1. The second-order valence-electron chi connectivity index (χ2n) is 3.09. The highest BCUT2D eigenvalue weighted by molar-refractivity contribution is 5.06. The second kappa shape index (κ2) is 7.69. The number of aromatic nitrogens is 2. The minimum absolute atomic E-state index is 0.0658. The first-order chi connectivity index (χ1) is 8.25. The summed E-state index contributed by atoms with van der Waals surface area (Å²) in [7, 11) is 0. The maximum atomic E-state index is 11.6. The first-order valence-electron chi connectivity index (χ1n) is 5.12. The van der Waals surface area contributed by atoms with Gasteiger partial charge in [0.15, 0.2) is 0 Å². The molecule has 1 aromatic heterocycles. The quantitative estimate of drug-likeness (QED) is 0.366. The highest BCUT2D eigenvalue weighted by Crippen LogP contribution is 2.06. The highest BCUT2D eigenvalue weighted by Gasteiger charge is 2.12. The van der Waals surface area contributed by atoms with E-state index in [0.29, 0.717) is 26.4 Å². The molecule has 0 spiro atoms. The van der Waals surface area contributed by atoms with Gasteiger partial charge in [0, 0.05) is 0 Å². The fourth-order valence-corrected chi connectivity index (χ4v) is 1.19. The monoisotopic (exact) mass is 247 g/mol. The van der Waals surface area contributed by atoms with Crippen LogP contribution in [-0.2, 0) is 16.0 Å². The van der Waals surface area contributed by atoms with Crippen LogP contribution in [-0.4, -0.2) is 47.6 Å². The van der Waals surface area contributed by atoms with E-state index in [9.17, 15) is 14.5 Å². The van der Waals surface area contributed by atoms with Crippen molar-refractivity contribution in [2.75, 3.05) is 33.1 Å². The van der Waals surface area contributed by atoms with Crippen LogP contribution in [0.4, 0.5) is 10.3 Å². The number of nitro groups is 1. The van der Waals surface area contributed by atoms with Crippen LogP contribution < -0.4 is 0 Å². The average molecular weight is 247 g/mol. The van der Waals surface area contributed by atoms with Crippen LogP contribution in [0, 0.1) is 10.1 Å². The third-order valence-corrected chi connectivity index (χ3v) is 1.93. The Morgan fingerprint density at radius 2 is 2.06 bits per heavy atom. The Morgan fingerprint density at radius 3 is 2.71 bits per heavy atom. The summed E-state index contributed by atoms with van der Waals surface area (Å²) in [6, 6.07) is 0. The number of nitrogens with zero attached hydrogens (tertiary/aromatic N) is 3. The molecule has 17 heavy (non-hydrogen) atoms. The smallest absolute Gasteiger partial charge is 0.390 e. The van der Waals surface area contributed by atoms with Crippen molar-refractivity contribution in [3.63, 3.8) is 0 Å². The molecule has 7 nitrogen and oxygen atoms in total. The SMILES string of the molecule is O=[N+]([O-])c1nccn1CCOCCOCCF. The van der Waals surface area contributed by atoms with Gasteiger partial charge in [-0.15, -0.1) is 0 Å². The van der Waals surface area contributed by atoms with E-state index in [4.69, 9.17) is 9.47 Å². The summed E-state index contributed by atoms with van der Waals surface area (Å²) < 4.78 is 23.1. The molecule has 0 saturated carbocycles. The minimum atomic E-state index is -0.551. The van der Waals surface area contributed by atoms with E-state index in [2.05, 4.69) is 4.98 Å². The number of ether oxygens (including phenoxy) is 2. The van der Waals surface area contributed by atoms with E-state index in [1.54, 1.807) is 0 Å². The van der Waals surface area contributed by atoms with Crippen LogP contribution in [0.25, 0.3) is 0 Å². The lowest BCUT2D eigenvalue weighted by Crippen LogP contribution is -2.11. The van der Waals surface area contributed by atoms with Crippen molar-refractivity contribution in [1.29, 1.82) is 0 Å². The Hall–Kier alpha value is -1.54. The van der Waals surface area contributed by atoms with E-state index in [1.165, 1.54) is 17.0 Å². The predicted molar refractivity (Wildman–Crippen MR) is 56.5 cm³/mol. The van der Waals surface area contributed by atoms with E-state index in [1.807, 2.05) is 0 Å². The van der Waals surface area contributed by atoms with Gasteiger partial charge in [0.1, 0.15) is 19.1 Å². The molecule has 1 rings (SSSR count). The summed E-state index contributed by atoms with van der Waals surface area (Å²) in [6.07, 6.45) is 2.88. The summed E-state index contributed by atoms with van der Waals surface area (Å²) in [5, 5.41) is 10.5. The molecule has 0 unspecified atom stereocenters. The molecule has 0 atom stereocenters. The van der Waals surface area contributed by atoms with Crippen molar-refractivity contribution in [2.45, 2.75) is 6.54 Å². The van der Waals surface area contributed by atoms with Crippen molar-refractivity contribution in [2.24, 2.45) is 0 Å². The molecule has 8 heteroatoms. The van der Waals surface area contributed by atoms with Crippen molar-refractivity contribution in [1.82, 2.24) is 9.55 Å². The normalized spacial score (nSPS) is 10.6. The van der Waals surface area contributed by atoms with E-state index >= 15 is 0 Å². The first kappa shape index (κ1) is 13.5. The Balaban J connectivity index is 2.14. The third kappa shape index (κ3) is 4.87. The lowest BCUT2D eigenvalue weighted by atomic mass is 10.6. The molecule has 96 valence electrons. The van der Waals surface area contributed by atoms with E-state index < -0.39 is 11.6 Å². The Morgan fingerprint density at radius 1 is 1.35 bits per heavy atom. The average Bonchev–Trinajstić information content (AvgIpc) is 2.76. The summed E-state index contributed by atoms with van der Waals surface area (Å²) >= 11 is 0. The van der Waals surface area contributed by atoms with Gasteiger partial charge < -0.3 is 19.6 Å². The summed E-state index contributed by atoms with van der Waals surface area (Å²) in [5.41, 5.74) is 0. The Bertz CT molecular complexity index is 345. The van der Waals surface area contributed by atoms with E-state index in [0.717, 1.165) is 0 Å². The van der Waals surface area contributed by atoms with E-state index in [-0.39, 0.29) is 12.6 Å². The fraction of sp³-hybridized carbons (Fsp3) is 0.667. The zero-order valence-electron chi connectivity index (χ0n) is 9.25. The molecular formula is C9H14FN3O4. The maximum absolute atomic E-state index is 11.6. The van der Waals surface area contributed by atoms with Crippen molar-refractivity contribution in [3.05, 3.63) is 22.5 Å². The molecule has 0 aliphatic rings. The topological polar surface area (TPSA) is 79.4 Å². The predicted octanol–water partition coefficient (Wildman–Crippen LogP) is 0.794. The van der Waals surface area contributed by atoms with Crippen LogP contribution in [0.2, 0.25) is 0 Å². The van der Waals surface area contributed by atoms with Gasteiger partial charge in [0.2, 0.25) is 0 Å². The van der Waals surface area contributed by atoms with Gasteiger partial charge in [-0.1, -0.05) is 4.98 Å². The van der Waals surface area contributed by atoms with Crippen molar-refractivity contribution in [3.8, 4) is 0 Å². The summed E-state index contributed by atoms with van der Waals surface area (Å²) in [4.78, 5) is 13.6. The highest BCUT2D eigenvalue weighted by atomic mass is 19.1. The lowest BCUT2D eigenvalue weighted by Gasteiger charge is -2.04. The van der Waals surface area contributed by atoms with Gasteiger partial charge in [-0.2, -0.15) is 0 Å². The molecule has 0 radical (unpaired) electrons. The molecule has 0 aliphatic heterocycles. The molecule has 0 aliphatic carbocycles. The maximum Gasteiger partial charge on any atom is 0.434 e. The molecular weight excluding hydrogens is 233 g/mol. The van der Waals surface area contributed by atoms with Gasteiger partial charge in [-0.3, -0.25) is 0 Å². The van der Waals surface area contributed by atoms with Gasteiger partial charge in [-0.05, 0) is 4.92 Å². The molecule has 0 bridgehead atoms. The van der Waals surface area contributed by atoms with Crippen molar-refractivity contribution < 1.29 is 18.8 Å². The number of alkyl halides is 1. The number of hydrogen-bond donors (Lipinski definition) is 0. The summed E-state index contributed by atoms with van der Waals surface area (Å²) in [6.45, 7) is 0.867. The molecule has 0 aromatic carbocycles. The summed E-state index contributed by atoms with van der Waals surface area (Å²) in [5.74, 6) is -0.206. The zero-order chi connectivity index (χ0) is 12.5. The molecule has 0 fully saturated rings. The van der Waals surface area contributed by atoms with Crippen LogP contribution >= 0.6 is 0 Å². The molecule has 0 N–H and O–H groups in total. The van der Waals surface area contributed by atoms with Crippen LogP contribution in [0.5, 0.6) is 0 Å². The van der Waals surface area contributed by atoms with Crippen LogP contribution in [0.15, 0.2) is 12.4 Å². The molecule has 1 aromatic rings. The second-order valence-corrected chi connectivity index (χ2v) is 3.09. The van der Waals surface area contributed by atoms with Crippen molar-refractivity contribution >= 4 is 5.95 Å². The molecule has 0 saturated heterocycles. The van der Waals surface area contributed by atoms with Crippen LogP contribution in [0.3, 0.4) is 0 Å². The lowest BCUT2D eigenvalue weighted by molar-refractivity contribution is -0.396.